The summed E-state index contributed by atoms with van der Waals surface area (Å²) < 4.78 is 39.2. The molecule has 0 radical (unpaired) electrons. The van der Waals surface area contributed by atoms with Crippen molar-refractivity contribution in [1.29, 1.82) is 0 Å². The summed E-state index contributed by atoms with van der Waals surface area (Å²) in [5.41, 5.74) is 0. The van der Waals surface area contributed by atoms with Crippen molar-refractivity contribution in [3.63, 3.8) is 0 Å². The molecule has 1 fully saturated rings. The van der Waals surface area contributed by atoms with Gasteiger partial charge in [-0.3, -0.25) is 14.5 Å². The Morgan fingerprint density at radius 3 is 2.16 bits per heavy atom. The average molecular weight is 457 g/mol. The molecular formula is C21H33FN4O4S. The van der Waals surface area contributed by atoms with E-state index in [1.54, 1.807) is 9.80 Å². The largest absolute Gasteiger partial charge is 0.342 e. The highest BCUT2D eigenvalue weighted by Crippen LogP contribution is 2.15. The molecule has 1 aliphatic rings. The highest BCUT2D eigenvalue weighted by atomic mass is 32.2. The number of carbonyl (C=O) groups is 2. The number of amides is 2. The first kappa shape index (κ1) is 25.2. The van der Waals surface area contributed by atoms with Crippen LogP contribution >= 0.6 is 0 Å². The molecule has 31 heavy (non-hydrogen) atoms. The van der Waals surface area contributed by atoms with E-state index < -0.39 is 15.8 Å². The van der Waals surface area contributed by atoms with E-state index in [4.69, 9.17) is 0 Å². The lowest BCUT2D eigenvalue weighted by atomic mass is 10.2. The minimum atomic E-state index is -3.71. The second-order valence-electron chi connectivity index (χ2n) is 7.61. The number of halogens is 1. The second-order valence-corrected chi connectivity index (χ2v) is 9.65. The summed E-state index contributed by atoms with van der Waals surface area (Å²) in [5, 5.41) is 0. The Kier molecular flexibility index (Phi) is 9.39. The summed E-state index contributed by atoms with van der Waals surface area (Å²) >= 11 is 0. The van der Waals surface area contributed by atoms with Gasteiger partial charge in [-0.15, -0.1) is 0 Å². The van der Waals surface area contributed by atoms with Crippen LogP contribution in [0, 0.1) is 5.82 Å². The van der Waals surface area contributed by atoms with Crippen molar-refractivity contribution >= 4 is 21.8 Å². The van der Waals surface area contributed by atoms with Crippen LogP contribution in [0.15, 0.2) is 29.2 Å². The minimum absolute atomic E-state index is 0.0118. The standard InChI is InChI=1S/C21H33FN4O4S/c1-4-25(5-2)21(28)17-24-13-15-26(16-14-24)20(27)7-6-12-23(3)31(29,30)19-10-8-18(22)9-11-19/h8-11H,4-7,12-17H2,1-3H3. The summed E-state index contributed by atoms with van der Waals surface area (Å²) in [6, 6.07) is 4.69. The quantitative estimate of drug-likeness (QED) is 0.529. The number of sulfonamides is 1. The molecular weight excluding hydrogens is 423 g/mol. The smallest absolute Gasteiger partial charge is 0.242 e. The number of likely N-dealkylation sites (N-methyl/N-ethyl adjacent to an activating group) is 1. The predicted molar refractivity (Wildman–Crippen MR) is 116 cm³/mol. The van der Waals surface area contributed by atoms with E-state index in [9.17, 15) is 22.4 Å². The lowest BCUT2D eigenvalue weighted by molar-refractivity contribution is -0.135. The van der Waals surface area contributed by atoms with Gasteiger partial charge in [0.25, 0.3) is 0 Å². The van der Waals surface area contributed by atoms with E-state index in [0.29, 0.717) is 52.2 Å². The number of piperazine rings is 1. The fraction of sp³-hybridized carbons (Fsp3) is 0.619. The van der Waals surface area contributed by atoms with Crippen molar-refractivity contribution < 1.29 is 22.4 Å². The van der Waals surface area contributed by atoms with Crippen LogP contribution in [0.1, 0.15) is 26.7 Å². The summed E-state index contributed by atoms with van der Waals surface area (Å²) in [6.45, 7) is 8.30. The molecule has 174 valence electrons. The Morgan fingerprint density at radius 1 is 1.03 bits per heavy atom. The summed E-state index contributed by atoms with van der Waals surface area (Å²) in [6.07, 6.45) is 0.651. The van der Waals surface area contributed by atoms with Gasteiger partial charge in [-0.1, -0.05) is 0 Å². The van der Waals surface area contributed by atoms with Gasteiger partial charge in [0.15, 0.2) is 0 Å². The second kappa shape index (κ2) is 11.5. The summed E-state index contributed by atoms with van der Waals surface area (Å²) in [5.74, 6) is -0.401. The molecule has 0 atom stereocenters. The van der Waals surface area contributed by atoms with Crippen molar-refractivity contribution in [3.05, 3.63) is 30.1 Å². The monoisotopic (exact) mass is 456 g/mol. The molecule has 1 saturated heterocycles. The fourth-order valence-electron chi connectivity index (χ4n) is 3.54. The van der Waals surface area contributed by atoms with E-state index in [0.717, 1.165) is 12.1 Å². The highest BCUT2D eigenvalue weighted by Gasteiger charge is 2.24. The first-order valence-corrected chi connectivity index (χ1v) is 12.1. The molecule has 1 heterocycles. The third-order valence-corrected chi connectivity index (χ3v) is 7.46. The molecule has 0 saturated carbocycles. The maximum absolute atomic E-state index is 13.0. The molecule has 1 aromatic carbocycles. The first-order chi connectivity index (χ1) is 14.7. The normalized spacial score (nSPS) is 15.3. The summed E-state index contributed by atoms with van der Waals surface area (Å²) in [7, 11) is -2.26. The average Bonchev–Trinajstić information content (AvgIpc) is 2.75. The van der Waals surface area contributed by atoms with Crippen LogP contribution in [-0.4, -0.2) is 98.6 Å². The fourth-order valence-corrected chi connectivity index (χ4v) is 4.75. The molecule has 1 aliphatic heterocycles. The van der Waals surface area contributed by atoms with Gasteiger partial charge in [0.05, 0.1) is 11.4 Å². The Labute approximate surface area is 184 Å². The SMILES string of the molecule is CCN(CC)C(=O)CN1CCN(C(=O)CCCN(C)S(=O)(=O)c2ccc(F)cc2)CC1. The van der Waals surface area contributed by atoms with Crippen LogP contribution in [0.25, 0.3) is 0 Å². The zero-order chi connectivity index (χ0) is 23.0. The maximum atomic E-state index is 13.0. The molecule has 2 amide bonds. The van der Waals surface area contributed by atoms with Gasteiger partial charge < -0.3 is 9.80 Å². The van der Waals surface area contributed by atoms with Crippen LogP contribution in [0.4, 0.5) is 4.39 Å². The Bertz CT molecular complexity index is 835. The van der Waals surface area contributed by atoms with Gasteiger partial charge in [0.2, 0.25) is 21.8 Å². The zero-order valence-electron chi connectivity index (χ0n) is 18.6. The molecule has 2 rings (SSSR count). The van der Waals surface area contributed by atoms with Crippen LogP contribution in [-0.2, 0) is 19.6 Å². The van der Waals surface area contributed by atoms with Crippen molar-refractivity contribution in [1.82, 2.24) is 19.0 Å². The first-order valence-electron chi connectivity index (χ1n) is 10.7. The third-order valence-electron chi connectivity index (χ3n) is 5.59. The lowest BCUT2D eigenvalue weighted by Gasteiger charge is -2.35. The van der Waals surface area contributed by atoms with Gasteiger partial charge in [-0.05, 0) is 44.5 Å². The molecule has 0 N–H and O–H groups in total. The third kappa shape index (κ3) is 6.98. The van der Waals surface area contributed by atoms with Crippen LogP contribution in [0.3, 0.4) is 0 Å². The van der Waals surface area contributed by atoms with Crippen LogP contribution in [0.5, 0.6) is 0 Å². The van der Waals surface area contributed by atoms with E-state index >= 15 is 0 Å². The van der Waals surface area contributed by atoms with Crippen LogP contribution in [0.2, 0.25) is 0 Å². The van der Waals surface area contributed by atoms with Gasteiger partial charge >= 0.3 is 0 Å². The van der Waals surface area contributed by atoms with E-state index in [1.807, 2.05) is 13.8 Å². The molecule has 8 nitrogen and oxygen atoms in total. The molecule has 0 unspecified atom stereocenters. The maximum Gasteiger partial charge on any atom is 0.242 e. The molecule has 1 aromatic rings. The number of rotatable bonds is 10. The van der Waals surface area contributed by atoms with Gasteiger partial charge in [0, 0.05) is 59.3 Å². The lowest BCUT2D eigenvalue weighted by Crippen LogP contribution is -2.51. The van der Waals surface area contributed by atoms with Crippen LogP contribution < -0.4 is 0 Å². The number of nitrogens with zero attached hydrogens (tertiary/aromatic N) is 4. The van der Waals surface area contributed by atoms with Gasteiger partial charge in [-0.25, -0.2) is 17.1 Å². The Morgan fingerprint density at radius 2 is 1.61 bits per heavy atom. The predicted octanol–water partition coefficient (Wildman–Crippen LogP) is 1.24. The van der Waals surface area contributed by atoms with Crippen molar-refractivity contribution in [2.45, 2.75) is 31.6 Å². The van der Waals surface area contributed by atoms with E-state index in [-0.39, 0.29) is 29.7 Å². The number of hydrogen-bond donors (Lipinski definition) is 0. The highest BCUT2D eigenvalue weighted by molar-refractivity contribution is 7.89. The number of benzene rings is 1. The van der Waals surface area contributed by atoms with E-state index in [2.05, 4.69) is 4.90 Å². The summed E-state index contributed by atoms with van der Waals surface area (Å²) in [4.78, 5) is 30.4. The molecule has 0 aromatic heterocycles. The minimum Gasteiger partial charge on any atom is -0.342 e. The van der Waals surface area contributed by atoms with Gasteiger partial charge in [0.1, 0.15) is 5.82 Å². The molecule has 0 aliphatic carbocycles. The van der Waals surface area contributed by atoms with E-state index in [1.165, 1.54) is 23.5 Å². The number of carbonyl (C=O) groups excluding carboxylic acids is 2. The van der Waals surface area contributed by atoms with Crippen molar-refractivity contribution in [2.75, 3.05) is 59.4 Å². The Hall–Kier alpha value is -2.04. The number of hydrogen-bond acceptors (Lipinski definition) is 5. The topological polar surface area (TPSA) is 81.2 Å². The molecule has 0 spiro atoms. The van der Waals surface area contributed by atoms with Gasteiger partial charge in [-0.2, -0.15) is 0 Å². The molecule has 10 heteroatoms. The van der Waals surface area contributed by atoms with Crippen molar-refractivity contribution in [2.24, 2.45) is 0 Å². The Balaban J connectivity index is 1.74. The van der Waals surface area contributed by atoms with Crippen molar-refractivity contribution in [3.8, 4) is 0 Å². The zero-order valence-corrected chi connectivity index (χ0v) is 19.4. The molecule has 0 bridgehead atoms.